The summed E-state index contributed by atoms with van der Waals surface area (Å²) in [5.74, 6) is -0.595. The van der Waals surface area contributed by atoms with Crippen molar-refractivity contribution in [2.75, 3.05) is 16.8 Å². The maximum Gasteiger partial charge on any atom is 0.264 e. The van der Waals surface area contributed by atoms with Crippen molar-refractivity contribution in [1.29, 1.82) is 0 Å². The number of hydrogen-bond acceptors (Lipinski definition) is 5. The molecule has 4 rings (SSSR count). The van der Waals surface area contributed by atoms with Crippen molar-refractivity contribution in [3.63, 3.8) is 0 Å². The summed E-state index contributed by atoms with van der Waals surface area (Å²) in [5.41, 5.74) is 0.930. The van der Waals surface area contributed by atoms with Gasteiger partial charge in [-0.15, -0.1) is 0 Å². The molecule has 2 aromatic heterocycles. The highest BCUT2D eigenvalue weighted by molar-refractivity contribution is 5.95. The van der Waals surface area contributed by atoms with Gasteiger partial charge in [0.2, 0.25) is 5.91 Å². The normalized spacial score (nSPS) is 17.8. The lowest BCUT2D eigenvalue weighted by Crippen LogP contribution is -2.26. The van der Waals surface area contributed by atoms with Gasteiger partial charge in [0, 0.05) is 24.2 Å². The second kappa shape index (κ2) is 10.6. The summed E-state index contributed by atoms with van der Waals surface area (Å²) < 4.78 is 42.8. The van der Waals surface area contributed by atoms with E-state index in [4.69, 9.17) is 0 Å². The van der Waals surface area contributed by atoms with Crippen molar-refractivity contribution >= 4 is 23.1 Å². The monoisotopic (exact) mass is 489 g/mol. The second-order valence-electron chi connectivity index (χ2n) is 8.93. The van der Waals surface area contributed by atoms with E-state index in [0.717, 1.165) is 18.6 Å². The highest BCUT2D eigenvalue weighted by Gasteiger charge is 2.31. The lowest BCUT2D eigenvalue weighted by molar-refractivity contribution is -0.121. The minimum Gasteiger partial charge on any atom is -0.393 e. The number of nitrogens with zero attached hydrogens (tertiary/aromatic N) is 4. The Hall–Kier alpha value is -3.14. The third-order valence-electron chi connectivity index (χ3n) is 6.69. The van der Waals surface area contributed by atoms with Gasteiger partial charge in [-0.2, -0.15) is 5.10 Å². The van der Waals surface area contributed by atoms with E-state index >= 15 is 0 Å². The summed E-state index contributed by atoms with van der Waals surface area (Å²) >= 11 is 0. The Morgan fingerprint density at radius 3 is 2.77 bits per heavy atom. The van der Waals surface area contributed by atoms with E-state index in [1.165, 1.54) is 16.8 Å². The lowest BCUT2D eigenvalue weighted by atomic mass is 9.96. The molecule has 7 nitrogen and oxygen atoms in total. The van der Waals surface area contributed by atoms with E-state index in [-0.39, 0.29) is 23.0 Å². The molecule has 0 radical (unpaired) electrons. The van der Waals surface area contributed by atoms with E-state index in [9.17, 15) is 23.1 Å². The van der Waals surface area contributed by atoms with E-state index in [1.54, 1.807) is 12.3 Å². The van der Waals surface area contributed by atoms with Crippen LogP contribution in [0.3, 0.4) is 0 Å². The fraction of sp³-hybridized carbons (Fsp3) is 0.480. The fourth-order valence-electron chi connectivity index (χ4n) is 4.69. The number of fused-ring (bicyclic) bond motifs is 1. The first-order valence-electron chi connectivity index (χ1n) is 12.0. The molecule has 3 unspecified atom stereocenters. The zero-order valence-electron chi connectivity index (χ0n) is 19.8. The molecular weight excluding hydrogens is 459 g/mol. The van der Waals surface area contributed by atoms with E-state index < -0.39 is 24.4 Å². The molecule has 35 heavy (non-hydrogen) atoms. The van der Waals surface area contributed by atoms with Crippen LogP contribution in [-0.4, -0.2) is 38.3 Å². The molecule has 1 amide bonds. The summed E-state index contributed by atoms with van der Waals surface area (Å²) in [6.45, 7) is 4.34. The van der Waals surface area contributed by atoms with Gasteiger partial charge in [-0.3, -0.25) is 4.79 Å². The molecule has 3 atom stereocenters. The van der Waals surface area contributed by atoms with E-state index in [0.29, 0.717) is 49.4 Å². The van der Waals surface area contributed by atoms with Crippen LogP contribution in [0.15, 0.2) is 36.7 Å². The van der Waals surface area contributed by atoms with Crippen LogP contribution in [0.5, 0.6) is 0 Å². The number of aromatic nitrogens is 3. The third kappa shape index (κ3) is 5.27. The number of aliphatic hydroxyl groups is 1. The Morgan fingerprint density at radius 1 is 1.26 bits per heavy atom. The molecule has 0 bridgehead atoms. The van der Waals surface area contributed by atoms with Crippen molar-refractivity contribution in [1.82, 2.24) is 14.6 Å². The maximum atomic E-state index is 14.0. The third-order valence-corrected chi connectivity index (χ3v) is 6.69. The Balaban J connectivity index is 1.62. The number of alkyl halides is 2. The van der Waals surface area contributed by atoms with Crippen LogP contribution in [-0.2, 0) is 4.79 Å². The molecule has 188 valence electrons. The topological polar surface area (TPSA) is 82.8 Å². The Kier molecular flexibility index (Phi) is 7.59. The van der Waals surface area contributed by atoms with Gasteiger partial charge in [0.05, 0.1) is 18.3 Å². The van der Waals surface area contributed by atoms with Gasteiger partial charge >= 0.3 is 0 Å². The number of rotatable bonds is 9. The maximum absolute atomic E-state index is 14.0. The predicted octanol–water partition coefficient (Wildman–Crippen LogP) is 5.27. The van der Waals surface area contributed by atoms with Crippen LogP contribution in [0.25, 0.3) is 5.65 Å². The highest BCUT2D eigenvalue weighted by Crippen LogP contribution is 2.39. The number of carbonyl (C=O) groups is 1. The quantitative estimate of drug-likeness (QED) is 0.428. The number of benzene rings is 1. The SMILES string of the molecule is CCC(O)CC(CC)C(=O)Nc1cnn2ccc(N3CCCC3c3cc(F)ccc3C(F)F)nc12. The molecule has 1 saturated heterocycles. The van der Waals surface area contributed by atoms with E-state index in [2.05, 4.69) is 15.4 Å². The molecule has 10 heteroatoms. The first-order valence-corrected chi connectivity index (χ1v) is 12.0. The molecule has 0 spiro atoms. The largest absolute Gasteiger partial charge is 0.393 e. The fourth-order valence-corrected chi connectivity index (χ4v) is 4.69. The molecule has 3 aromatic rings. The van der Waals surface area contributed by atoms with Crippen LogP contribution in [0, 0.1) is 11.7 Å². The number of amides is 1. The number of hydrogen-bond donors (Lipinski definition) is 2. The number of anilines is 2. The summed E-state index contributed by atoms with van der Waals surface area (Å²) in [6, 6.07) is 4.68. The van der Waals surface area contributed by atoms with Crippen LogP contribution < -0.4 is 10.2 Å². The molecule has 3 heterocycles. The van der Waals surface area contributed by atoms with Crippen LogP contribution in [0.4, 0.5) is 24.7 Å². The lowest BCUT2D eigenvalue weighted by Gasteiger charge is -2.28. The zero-order chi connectivity index (χ0) is 25.1. The second-order valence-corrected chi connectivity index (χ2v) is 8.93. The molecule has 2 N–H and O–H groups in total. The molecular formula is C25H30F3N5O2. The minimum absolute atomic E-state index is 0.179. The predicted molar refractivity (Wildman–Crippen MR) is 127 cm³/mol. The van der Waals surface area contributed by atoms with Gasteiger partial charge in [0.25, 0.3) is 6.43 Å². The molecule has 0 aliphatic carbocycles. The summed E-state index contributed by atoms with van der Waals surface area (Å²) in [5, 5.41) is 17.1. The summed E-state index contributed by atoms with van der Waals surface area (Å²) in [6.07, 6.45) is 2.80. The number of carbonyl (C=O) groups excluding carboxylic acids is 1. The highest BCUT2D eigenvalue weighted by atomic mass is 19.3. The summed E-state index contributed by atoms with van der Waals surface area (Å²) in [7, 11) is 0. The van der Waals surface area contributed by atoms with Gasteiger partial charge in [0.15, 0.2) is 5.65 Å². The van der Waals surface area contributed by atoms with Gasteiger partial charge in [-0.1, -0.05) is 19.9 Å². The Morgan fingerprint density at radius 2 is 2.06 bits per heavy atom. The molecule has 1 aliphatic heterocycles. The molecule has 1 fully saturated rings. The van der Waals surface area contributed by atoms with Crippen molar-refractivity contribution < 1.29 is 23.1 Å². The summed E-state index contributed by atoms with van der Waals surface area (Å²) in [4.78, 5) is 19.4. The average Bonchev–Trinajstić information content (AvgIpc) is 3.49. The molecule has 1 aromatic carbocycles. The smallest absolute Gasteiger partial charge is 0.264 e. The van der Waals surface area contributed by atoms with Crippen LogP contribution >= 0.6 is 0 Å². The Labute approximate surface area is 202 Å². The Bertz CT molecular complexity index is 1190. The molecule has 0 saturated carbocycles. The van der Waals surface area contributed by atoms with E-state index in [1.807, 2.05) is 18.7 Å². The van der Waals surface area contributed by atoms with Crippen molar-refractivity contribution in [2.24, 2.45) is 5.92 Å². The van der Waals surface area contributed by atoms with Gasteiger partial charge < -0.3 is 15.3 Å². The van der Waals surface area contributed by atoms with Gasteiger partial charge in [0.1, 0.15) is 17.3 Å². The first kappa shape index (κ1) is 25.0. The average molecular weight is 490 g/mol. The van der Waals surface area contributed by atoms with Crippen LogP contribution in [0.2, 0.25) is 0 Å². The van der Waals surface area contributed by atoms with Gasteiger partial charge in [-0.25, -0.2) is 22.7 Å². The number of nitrogens with one attached hydrogen (secondary N) is 1. The van der Waals surface area contributed by atoms with Gasteiger partial charge in [-0.05, 0) is 55.9 Å². The van der Waals surface area contributed by atoms with Crippen molar-refractivity contribution in [2.45, 2.75) is 64.5 Å². The van der Waals surface area contributed by atoms with Crippen molar-refractivity contribution in [3.05, 3.63) is 53.6 Å². The number of halogens is 3. The minimum atomic E-state index is -2.71. The first-order chi connectivity index (χ1) is 16.8. The standard InChI is InChI=1S/C25H30F3N5O2/c1-3-15(12-17(34)4-2)25(35)30-20-14-29-33-11-9-22(31-24(20)33)32-10-5-6-21(32)19-13-16(26)7-8-18(19)23(27)28/h7-9,11,13-15,17,21,23,34H,3-6,10,12H2,1-2H3,(H,30,35). The zero-order valence-corrected chi connectivity index (χ0v) is 19.8. The number of aliphatic hydroxyl groups excluding tert-OH is 1. The van der Waals surface area contributed by atoms with Crippen LogP contribution in [0.1, 0.15) is 69.5 Å². The van der Waals surface area contributed by atoms with Crippen molar-refractivity contribution in [3.8, 4) is 0 Å². The molecule has 1 aliphatic rings.